The van der Waals surface area contributed by atoms with Crippen LogP contribution in [0.4, 0.5) is 11.4 Å². The van der Waals surface area contributed by atoms with Gasteiger partial charge < -0.3 is 14.0 Å². The molecule has 9 aromatic carbocycles. The first kappa shape index (κ1) is 37.6. The first-order valence-corrected chi connectivity index (χ1v) is 22.4. The second kappa shape index (κ2) is 15.6. The maximum Gasteiger partial charge on any atom is 0.0541 e. The third kappa shape index (κ3) is 6.36. The molecule has 0 amide bonds. The van der Waals surface area contributed by atoms with Crippen LogP contribution in [0.2, 0.25) is 0 Å². The lowest BCUT2D eigenvalue weighted by molar-refractivity contribution is 1.16. The minimum Gasteiger partial charge on any atom is -0.336 e. The van der Waals surface area contributed by atoms with E-state index in [2.05, 4.69) is 252 Å². The van der Waals surface area contributed by atoms with Crippen molar-refractivity contribution in [2.45, 2.75) is 13.3 Å². The van der Waals surface area contributed by atoms with Gasteiger partial charge in [-0.3, -0.25) is 0 Å². The van der Waals surface area contributed by atoms with E-state index in [0.29, 0.717) is 0 Å². The van der Waals surface area contributed by atoms with Gasteiger partial charge in [0.05, 0.1) is 22.1 Å². The Morgan fingerprint density at radius 2 is 0.797 bits per heavy atom. The molecule has 3 heterocycles. The normalized spacial score (nSPS) is 13.3. The SMILES string of the molecule is CC/C=C\C=C1/CN(c2cccc(-c3cc(-c4cccc(-n5c6ccccc6c6ccccc65)c4)cc(-c4cccc(-n5c6ccccc6c6ccccc65)c4)c3)c2)c2ccccc21. The fourth-order valence-corrected chi connectivity index (χ4v) is 10.0. The molecule has 0 aliphatic carbocycles. The lowest BCUT2D eigenvalue weighted by Crippen LogP contribution is -2.12. The average molecular weight is 820 g/mol. The highest BCUT2D eigenvalue weighted by Crippen LogP contribution is 2.43. The Morgan fingerprint density at radius 1 is 0.391 bits per heavy atom. The van der Waals surface area contributed by atoms with Crippen LogP contribution < -0.4 is 4.90 Å². The van der Waals surface area contributed by atoms with Crippen molar-refractivity contribution in [3.63, 3.8) is 0 Å². The van der Waals surface area contributed by atoms with Crippen LogP contribution in [0.5, 0.6) is 0 Å². The molecular formula is C61H45N3. The molecule has 0 bridgehead atoms. The van der Waals surface area contributed by atoms with Crippen molar-refractivity contribution in [3.05, 3.63) is 236 Å². The summed E-state index contributed by atoms with van der Waals surface area (Å²) in [5.74, 6) is 0. The monoisotopic (exact) mass is 819 g/mol. The summed E-state index contributed by atoms with van der Waals surface area (Å²) in [6, 6.07) is 78.1. The van der Waals surface area contributed by atoms with Gasteiger partial charge in [0.25, 0.3) is 0 Å². The molecule has 1 aliphatic rings. The molecule has 0 N–H and O–H groups in total. The van der Waals surface area contributed by atoms with Crippen LogP contribution in [-0.4, -0.2) is 15.7 Å². The number of benzene rings is 9. The summed E-state index contributed by atoms with van der Waals surface area (Å²) in [5.41, 5.74) is 19.2. The van der Waals surface area contributed by atoms with Crippen LogP contribution in [-0.2, 0) is 0 Å². The Balaban J connectivity index is 1.02. The van der Waals surface area contributed by atoms with Gasteiger partial charge in [0.1, 0.15) is 0 Å². The van der Waals surface area contributed by atoms with Gasteiger partial charge >= 0.3 is 0 Å². The van der Waals surface area contributed by atoms with Gasteiger partial charge in [0, 0.05) is 56.4 Å². The van der Waals surface area contributed by atoms with Gasteiger partial charge in [0.15, 0.2) is 0 Å². The molecule has 0 radical (unpaired) electrons. The molecule has 3 nitrogen and oxygen atoms in total. The van der Waals surface area contributed by atoms with Crippen molar-refractivity contribution in [3.8, 4) is 44.8 Å². The zero-order valence-corrected chi connectivity index (χ0v) is 35.7. The number of para-hydroxylation sites is 5. The fraction of sp³-hybridized carbons (Fsp3) is 0.0492. The van der Waals surface area contributed by atoms with Gasteiger partial charge in [-0.05, 0) is 130 Å². The third-order valence-corrected chi connectivity index (χ3v) is 13.0. The summed E-state index contributed by atoms with van der Waals surface area (Å²) >= 11 is 0. The summed E-state index contributed by atoms with van der Waals surface area (Å²) in [6.07, 6.45) is 7.72. The molecular weight excluding hydrogens is 775 g/mol. The fourth-order valence-electron chi connectivity index (χ4n) is 10.0. The van der Waals surface area contributed by atoms with E-state index in [4.69, 9.17) is 0 Å². The van der Waals surface area contributed by atoms with E-state index >= 15 is 0 Å². The van der Waals surface area contributed by atoms with Crippen LogP contribution >= 0.6 is 0 Å². The lowest BCUT2D eigenvalue weighted by atomic mass is 9.92. The predicted octanol–water partition coefficient (Wildman–Crippen LogP) is 16.4. The van der Waals surface area contributed by atoms with Crippen molar-refractivity contribution in [2.24, 2.45) is 0 Å². The molecule has 12 rings (SSSR count). The molecule has 64 heavy (non-hydrogen) atoms. The second-order valence-corrected chi connectivity index (χ2v) is 16.8. The van der Waals surface area contributed by atoms with Crippen molar-refractivity contribution in [1.29, 1.82) is 0 Å². The predicted molar refractivity (Wildman–Crippen MR) is 272 cm³/mol. The second-order valence-electron chi connectivity index (χ2n) is 16.8. The van der Waals surface area contributed by atoms with Crippen LogP contribution in [0, 0.1) is 0 Å². The van der Waals surface area contributed by atoms with Crippen molar-refractivity contribution < 1.29 is 0 Å². The Labute approximate surface area is 373 Å². The molecule has 0 unspecified atom stereocenters. The smallest absolute Gasteiger partial charge is 0.0541 e. The van der Waals surface area contributed by atoms with E-state index < -0.39 is 0 Å². The van der Waals surface area contributed by atoms with Crippen molar-refractivity contribution in [2.75, 3.05) is 11.4 Å². The minimum absolute atomic E-state index is 0.827. The standard InChI is InChI=1S/C61H45N3/c1-2-3-4-18-45-41-62(57-30-10-5-25-52(45)57)49-22-15-19-42(38-49)46-35-47(43-20-16-23-50(39-43)63-58-31-11-6-26-53(58)54-27-7-12-32-59(54)63)37-48(36-46)44-21-17-24-51(40-44)64-60-33-13-8-28-55(60)56-29-9-14-34-61(56)64/h3-40H,2,41H2,1H3/b4-3-,45-18+. The van der Waals surface area contributed by atoms with E-state index in [1.54, 1.807) is 0 Å². The van der Waals surface area contributed by atoms with Crippen molar-refractivity contribution in [1.82, 2.24) is 9.13 Å². The maximum absolute atomic E-state index is 2.46. The number of fused-ring (bicyclic) bond motifs is 7. The first-order chi connectivity index (χ1) is 31.7. The van der Waals surface area contributed by atoms with Crippen LogP contribution in [0.15, 0.2) is 231 Å². The van der Waals surface area contributed by atoms with Gasteiger partial charge in [-0.15, -0.1) is 0 Å². The van der Waals surface area contributed by atoms with Crippen molar-refractivity contribution >= 4 is 60.6 Å². The van der Waals surface area contributed by atoms with Gasteiger partial charge in [0.2, 0.25) is 0 Å². The largest absolute Gasteiger partial charge is 0.336 e. The molecule has 0 saturated carbocycles. The summed E-state index contributed by atoms with van der Waals surface area (Å²) < 4.78 is 4.82. The molecule has 3 heteroatoms. The molecule has 11 aromatic rings. The number of allylic oxidation sites excluding steroid dienone is 3. The number of rotatable bonds is 8. The summed E-state index contributed by atoms with van der Waals surface area (Å²) in [6.45, 7) is 3.01. The van der Waals surface area contributed by atoms with E-state index in [1.807, 2.05) is 0 Å². The average Bonchev–Trinajstić information content (AvgIpc) is 4.02. The Kier molecular flexibility index (Phi) is 9.19. The summed E-state index contributed by atoms with van der Waals surface area (Å²) in [5, 5.41) is 5.04. The number of hydrogen-bond acceptors (Lipinski definition) is 1. The number of hydrogen-bond donors (Lipinski definition) is 0. The Hall–Kier alpha value is -8.14. The number of anilines is 2. The maximum atomic E-state index is 2.46. The van der Waals surface area contributed by atoms with Crippen LogP contribution in [0.1, 0.15) is 18.9 Å². The topological polar surface area (TPSA) is 13.1 Å². The Bertz CT molecular complexity index is 3370. The van der Waals surface area contributed by atoms with Gasteiger partial charge in [-0.1, -0.05) is 153 Å². The molecule has 0 saturated heterocycles. The summed E-state index contributed by atoms with van der Waals surface area (Å²) in [4.78, 5) is 2.46. The third-order valence-electron chi connectivity index (χ3n) is 13.0. The zero-order valence-electron chi connectivity index (χ0n) is 35.7. The molecule has 0 spiro atoms. The van der Waals surface area contributed by atoms with Gasteiger partial charge in [-0.2, -0.15) is 0 Å². The highest BCUT2D eigenvalue weighted by molar-refractivity contribution is 6.10. The van der Waals surface area contributed by atoms with E-state index in [9.17, 15) is 0 Å². The minimum atomic E-state index is 0.827. The molecule has 1 aliphatic heterocycles. The zero-order chi connectivity index (χ0) is 42.6. The quantitative estimate of drug-likeness (QED) is 0.149. The molecule has 0 fully saturated rings. The first-order valence-electron chi connectivity index (χ1n) is 22.4. The van der Waals surface area contributed by atoms with E-state index in [0.717, 1.165) is 24.3 Å². The number of nitrogens with zero attached hydrogens (tertiary/aromatic N) is 3. The van der Waals surface area contributed by atoms with Crippen LogP contribution in [0.3, 0.4) is 0 Å². The molecule has 2 aromatic heterocycles. The van der Waals surface area contributed by atoms with Crippen LogP contribution in [0.25, 0.3) is 93.9 Å². The highest BCUT2D eigenvalue weighted by Gasteiger charge is 2.24. The molecule has 304 valence electrons. The Morgan fingerprint density at radius 3 is 1.27 bits per heavy atom. The lowest BCUT2D eigenvalue weighted by Gasteiger charge is -2.20. The van der Waals surface area contributed by atoms with E-state index in [1.165, 1.54) is 99.5 Å². The highest BCUT2D eigenvalue weighted by atomic mass is 15.2. The molecule has 0 atom stereocenters. The summed E-state index contributed by atoms with van der Waals surface area (Å²) in [7, 11) is 0. The van der Waals surface area contributed by atoms with E-state index in [-0.39, 0.29) is 0 Å². The van der Waals surface area contributed by atoms with Gasteiger partial charge in [-0.25, -0.2) is 0 Å². The number of aromatic nitrogens is 2.